The van der Waals surface area contributed by atoms with E-state index in [2.05, 4.69) is 10.3 Å². The normalized spacial score (nSPS) is 16.3. The minimum absolute atomic E-state index is 0.142. The molecular weight excluding hydrogens is 714 g/mol. The number of pyridine rings is 1. The molecule has 0 radical (unpaired) electrons. The van der Waals surface area contributed by atoms with Gasteiger partial charge in [-0.1, -0.05) is 18.2 Å². The Morgan fingerprint density at radius 3 is 1.92 bits per heavy atom. The molecule has 4 rings (SSSR count). The van der Waals surface area contributed by atoms with E-state index in [0.29, 0.717) is 24.5 Å². The van der Waals surface area contributed by atoms with Crippen molar-refractivity contribution in [2.45, 2.75) is 57.7 Å². The first kappa shape index (κ1) is 42.7. The molecule has 1 saturated heterocycles. The van der Waals surface area contributed by atoms with Crippen molar-refractivity contribution in [1.82, 2.24) is 20.7 Å². The molecule has 1 aliphatic rings. The molecule has 2 amide bonds. The summed E-state index contributed by atoms with van der Waals surface area (Å²) in [6.45, 7) is 5.91. The first-order chi connectivity index (χ1) is 24.0. The van der Waals surface area contributed by atoms with E-state index >= 15 is 0 Å². The zero-order valence-electron chi connectivity index (χ0n) is 27.6. The van der Waals surface area contributed by atoms with Gasteiger partial charge in [0.1, 0.15) is 17.9 Å². The van der Waals surface area contributed by atoms with Gasteiger partial charge in [0.25, 0.3) is 5.91 Å². The number of likely N-dealkylation sites (tertiary alicyclic amines) is 1. The molecule has 14 nitrogen and oxygen atoms in total. The van der Waals surface area contributed by atoms with Crippen molar-refractivity contribution < 1.29 is 75.6 Å². The maximum Gasteiger partial charge on any atom is 0.490 e. The SMILES string of the molecule is Cc1cc(COc2ccc(C(=O)N[C@@H]3CN(C(C)(C)C(=O)O)CC[C@@H]3C(=O)NO)cc2)c2ccccc2n1.O=C(O)C(F)(F)F.O=C(O)C(F)(F)F. The van der Waals surface area contributed by atoms with E-state index in [1.54, 1.807) is 48.5 Å². The zero-order valence-corrected chi connectivity index (χ0v) is 27.6. The number of aromatic nitrogens is 1. The Labute approximate surface area is 291 Å². The van der Waals surface area contributed by atoms with Gasteiger partial charge in [-0.3, -0.25) is 29.5 Å². The van der Waals surface area contributed by atoms with Crippen LogP contribution in [-0.2, 0) is 25.8 Å². The lowest BCUT2D eigenvalue weighted by Gasteiger charge is -2.43. The van der Waals surface area contributed by atoms with E-state index in [0.717, 1.165) is 22.2 Å². The summed E-state index contributed by atoms with van der Waals surface area (Å²) >= 11 is 0. The lowest BCUT2D eigenvalue weighted by Crippen LogP contribution is -2.62. The molecule has 6 N–H and O–H groups in total. The van der Waals surface area contributed by atoms with Gasteiger partial charge in [0.05, 0.1) is 17.5 Å². The molecule has 0 spiro atoms. The van der Waals surface area contributed by atoms with Gasteiger partial charge in [-0.2, -0.15) is 26.3 Å². The number of halogens is 6. The Hall–Kier alpha value is -5.50. The van der Waals surface area contributed by atoms with Crippen LogP contribution in [0.3, 0.4) is 0 Å². The molecule has 0 bridgehead atoms. The fourth-order valence-electron chi connectivity index (χ4n) is 4.77. The van der Waals surface area contributed by atoms with Gasteiger partial charge in [0, 0.05) is 35.3 Å². The van der Waals surface area contributed by atoms with Crippen LogP contribution >= 0.6 is 0 Å². The van der Waals surface area contributed by atoms with Crippen LogP contribution in [0.2, 0.25) is 0 Å². The number of nitrogens with one attached hydrogen (secondary N) is 2. The summed E-state index contributed by atoms with van der Waals surface area (Å²) in [5, 5.41) is 36.9. The zero-order chi connectivity index (χ0) is 39.6. The van der Waals surface area contributed by atoms with E-state index in [9.17, 15) is 45.8 Å². The number of carboxylic acid groups (broad SMARTS) is 3. The first-order valence-electron chi connectivity index (χ1n) is 14.9. The predicted octanol–water partition coefficient (Wildman–Crippen LogP) is 4.18. The molecular formula is C32H34F6N4O10. The molecule has 2 aromatic carbocycles. The number of alkyl halides is 6. The van der Waals surface area contributed by atoms with Crippen molar-refractivity contribution in [3.05, 3.63) is 71.4 Å². The highest BCUT2D eigenvalue weighted by Gasteiger charge is 2.43. The van der Waals surface area contributed by atoms with Gasteiger partial charge in [-0.25, -0.2) is 15.1 Å². The van der Waals surface area contributed by atoms with Crippen LogP contribution in [0.25, 0.3) is 10.9 Å². The minimum Gasteiger partial charge on any atom is -0.489 e. The molecule has 2 heterocycles. The van der Waals surface area contributed by atoms with Gasteiger partial charge < -0.3 is 25.4 Å². The number of para-hydroxylation sites is 1. The fraction of sp³-hybridized carbons (Fsp3) is 0.375. The van der Waals surface area contributed by atoms with Crippen LogP contribution in [0.1, 0.15) is 41.9 Å². The van der Waals surface area contributed by atoms with E-state index in [-0.39, 0.29) is 13.0 Å². The van der Waals surface area contributed by atoms with Crippen LogP contribution in [-0.4, -0.2) is 97.2 Å². The first-order valence-corrected chi connectivity index (χ1v) is 14.9. The number of nitrogens with zero attached hydrogens (tertiary/aromatic N) is 2. The Morgan fingerprint density at radius 1 is 0.885 bits per heavy atom. The molecule has 1 aromatic heterocycles. The van der Waals surface area contributed by atoms with Gasteiger partial charge in [0.15, 0.2) is 0 Å². The highest BCUT2D eigenvalue weighted by molar-refractivity contribution is 5.95. The maximum absolute atomic E-state index is 13.0. The second-order valence-electron chi connectivity index (χ2n) is 11.6. The summed E-state index contributed by atoms with van der Waals surface area (Å²) in [5.74, 6) is -7.66. The standard InChI is InChI=1S/C28H32N4O6.2C2HF3O2/c1-17-14-19(21-6-4-5-7-23(21)29-17)16-38-20-10-8-18(9-11-20)25(33)30-24-15-32(28(2,3)27(35)36)13-12-22(24)26(34)31-37;2*3-2(4,5)1(6)7/h4-11,14,22,24,37H,12-13,15-16H2,1-3H3,(H,30,33)(H,31,34)(H,35,36);2*(H,6,7)/t22-,24+;;/m0../s1. The highest BCUT2D eigenvalue weighted by Crippen LogP contribution is 2.26. The average Bonchev–Trinajstić information content (AvgIpc) is 3.06. The number of fused-ring (bicyclic) bond motifs is 1. The number of benzene rings is 2. The van der Waals surface area contributed by atoms with Gasteiger partial charge in [0.2, 0.25) is 5.91 Å². The number of aliphatic carboxylic acids is 3. The highest BCUT2D eigenvalue weighted by atomic mass is 19.4. The molecule has 3 aromatic rings. The number of piperidine rings is 1. The number of rotatable bonds is 8. The molecule has 52 heavy (non-hydrogen) atoms. The van der Waals surface area contributed by atoms with Crippen molar-refractivity contribution in [3.63, 3.8) is 0 Å². The summed E-state index contributed by atoms with van der Waals surface area (Å²) in [5.41, 5.74) is 3.65. The molecule has 1 fully saturated rings. The van der Waals surface area contributed by atoms with E-state index in [4.69, 9.17) is 29.7 Å². The summed E-state index contributed by atoms with van der Waals surface area (Å²) in [6, 6.07) is 15.8. The van der Waals surface area contributed by atoms with Crippen LogP contribution in [0.5, 0.6) is 5.75 Å². The third-order valence-corrected chi connectivity index (χ3v) is 7.62. The number of carbonyl (C=O) groups excluding carboxylic acids is 2. The number of amides is 2. The lowest BCUT2D eigenvalue weighted by molar-refractivity contribution is -0.193. The third-order valence-electron chi connectivity index (χ3n) is 7.62. The molecule has 20 heteroatoms. The second kappa shape index (κ2) is 17.6. The Balaban J connectivity index is 0.000000564. The summed E-state index contributed by atoms with van der Waals surface area (Å²) in [7, 11) is 0. The molecule has 0 aliphatic carbocycles. The molecule has 284 valence electrons. The van der Waals surface area contributed by atoms with Crippen LogP contribution in [0.15, 0.2) is 54.6 Å². The Morgan fingerprint density at radius 2 is 1.42 bits per heavy atom. The van der Waals surface area contributed by atoms with Gasteiger partial charge >= 0.3 is 30.3 Å². The smallest absolute Gasteiger partial charge is 0.489 e. The van der Waals surface area contributed by atoms with Gasteiger partial charge in [-0.05, 0) is 63.6 Å². The van der Waals surface area contributed by atoms with Crippen molar-refractivity contribution in [1.29, 1.82) is 0 Å². The van der Waals surface area contributed by atoms with Crippen LogP contribution in [0.4, 0.5) is 26.3 Å². The number of hydrogen-bond donors (Lipinski definition) is 6. The molecule has 0 unspecified atom stereocenters. The minimum atomic E-state index is -5.08. The Kier molecular flexibility index (Phi) is 14.5. The maximum atomic E-state index is 13.0. The number of carboxylic acids is 3. The molecule has 0 saturated carbocycles. The number of carbonyl (C=O) groups is 5. The fourth-order valence-corrected chi connectivity index (χ4v) is 4.77. The molecule has 2 atom stereocenters. The lowest BCUT2D eigenvalue weighted by atomic mass is 9.87. The van der Waals surface area contributed by atoms with Crippen molar-refractivity contribution >= 4 is 40.6 Å². The van der Waals surface area contributed by atoms with Gasteiger partial charge in [-0.15, -0.1) is 0 Å². The summed E-state index contributed by atoms with van der Waals surface area (Å²) < 4.78 is 69.4. The number of hydroxylamine groups is 1. The number of aryl methyl sites for hydroxylation is 1. The third kappa shape index (κ3) is 12.1. The average molecular weight is 749 g/mol. The largest absolute Gasteiger partial charge is 0.490 e. The van der Waals surface area contributed by atoms with E-state index in [1.807, 2.05) is 37.3 Å². The summed E-state index contributed by atoms with van der Waals surface area (Å²) in [4.78, 5) is 61.1. The van der Waals surface area contributed by atoms with Crippen LogP contribution in [0, 0.1) is 12.8 Å². The summed E-state index contributed by atoms with van der Waals surface area (Å²) in [6.07, 6.45) is -9.88. The monoisotopic (exact) mass is 748 g/mol. The predicted molar refractivity (Wildman–Crippen MR) is 167 cm³/mol. The van der Waals surface area contributed by atoms with Crippen molar-refractivity contribution in [2.75, 3.05) is 13.1 Å². The van der Waals surface area contributed by atoms with Crippen molar-refractivity contribution in [2.24, 2.45) is 5.92 Å². The quantitative estimate of drug-likeness (QED) is 0.109. The molecule has 1 aliphatic heterocycles. The second-order valence-corrected chi connectivity index (χ2v) is 11.6. The van der Waals surface area contributed by atoms with Crippen molar-refractivity contribution in [3.8, 4) is 5.75 Å². The van der Waals surface area contributed by atoms with Crippen LogP contribution < -0.4 is 15.5 Å². The number of ether oxygens (including phenoxy) is 1. The number of hydrogen-bond acceptors (Lipinski definition) is 9. The Bertz CT molecular complexity index is 1730. The topological polar surface area (TPSA) is 216 Å². The van der Waals surface area contributed by atoms with E-state index < -0.39 is 59.6 Å². The van der Waals surface area contributed by atoms with E-state index in [1.165, 1.54) is 0 Å².